The lowest BCUT2D eigenvalue weighted by atomic mass is 9.95. The number of aliphatic hydroxyl groups excluding tert-OH is 1. The fraction of sp³-hybridized carbons (Fsp3) is 0.179. The van der Waals surface area contributed by atoms with Crippen LogP contribution in [-0.2, 0) is 20.8 Å². The highest BCUT2D eigenvalue weighted by Crippen LogP contribution is 2.43. The Morgan fingerprint density at radius 2 is 1.66 bits per heavy atom. The summed E-state index contributed by atoms with van der Waals surface area (Å²) < 4.78 is 10.5. The van der Waals surface area contributed by atoms with Crippen molar-refractivity contribution in [1.82, 2.24) is 0 Å². The van der Waals surface area contributed by atoms with Crippen molar-refractivity contribution in [2.75, 3.05) is 12.0 Å². The number of rotatable bonds is 6. The van der Waals surface area contributed by atoms with Crippen molar-refractivity contribution >= 4 is 29.1 Å². The fourth-order valence-corrected chi connectivity index (χ4v) is 4.15. The molecule has 3 aromatic rings. The third-order valence-electron chi connectivity index (χ3n) is 5.85. The fourth-order valence-electron chi connectivity index (χ4n) is 4.15. The first-order chi connectivity index (χ1) is 16.8. The van der Waals surface area contributed by atoms with Crippen LogP contribution in [0.15, 0.2) is 78.4 Å². The van der Waals surface area contributed by atoms with Crippen LogP contribution in [0.2, 0.25) is 0 Å². The van der Waals surface area contributed by atoms with Gasteiger partial charge in [0.15, 0.2) is 0 Å². The molecule has 7 nitrogen and oxygen atoms in total. The van der Waals surface area contributed by atoms with Crippen LogP contribution < -0.4 is 14.4 Å². The molecule has 0 spiro atoms. The van der Waals surface area contributed by atoms with Crippen molar-refractivity contribution in [3.8, 4) is 11.5 Å². The van der Waals surface area contributed by atoms with Gasteiger partial charge in [-0.25, -0.2) is 0 Å². The van der Waals surface area contributed by atoms with E-state index in [1.807, 2.05) is 19.1 Å². The van der Waals surface area contributed by atoms with Crippen molar-refractivity contribution in [1.29, 1.82) is 0 Å². The minimum absolute atomic E-state index is 0.0669. The maximum atomic E-state index is 13.3. The molecule has 1 saturated heterocycles. The maximum absolute atomic E-state index is 13.3. The number of ketones is 1. The van der Waals surface area contributed by atoms with Gasteiger partial charge < -0.3 is 14.6 Å². The third-order valence-corrected chi connectivity index (χ3v) is 5.85. The third kappa shape index (κ3) is 4.66. The summed E-state index contributed by atoms with van der Waals surface area (Å²) in [6.07, 6.45) is 0.822. The molecule has 7 heteroatoms. The number of carbonyl (C=O) groups excluding carboxylic acids is 3. The van der Waals surface area contributed by atoms with Gasteiger partial charge in [-0.3, -0.25) is 19.3 Å². The van der Waals surface area contributed by atoms with E-state index in [1.165, 1.54) is 18.9 Å². The maximum Gasteiger partial charge on any atom is 0.308 e. The monoisotopic (exact) mass is 471 g/mol. The van der Waals surface area contributed by atoms with E-state index in [9.17, 15) is 19.5 Å². The van der Waals surface area contributed by atoms with Gasteiger partial charge >= 0.3 is 5.97 Å². The predicted octanol–water partition coefficient (Wildman–Crippen LogP) is 4.81. The molecule has 0 aliphatic carbocycles. The Morgan fingerprint density at radius 3 is 2.31 bits per heavy atom. The van der Waals surface area contributed by atoms with Crippen LogP contribution in [0.5, 0.6) is 11.5 Å². The standard InChI is InChI=1S/C28H25NO6/c1-4-18-11-13-21(14-12-18)29-25(19-7-5-10-23(15-19)35-17(2)30)24(27(32)28(29)33)26(31)20-8-6-9-22(16-20)34-3/h5-16,25,31H,4H2,1-3H3/b26-24-. The summed E-state index contributed by atoms with van der Waals surface area (Å²) in [6, 6.07) is 19.6. The summed E-state index contributed by atoms with van der Waals surface area (Å²) in [4.78, 5) is 39.5. The first kappa shape index (κ1) is 23.8. The number of hydrogen-bond acceptors (Lipinski definition) is 6. The van der Waals surface area contributed by atoms with E-state index in [0.29, 0.717) is 22.6 Å². The molecule has 3 aromatic carbocycles. The van der Waals surface area contributed by atoms with E-state index in [1.54, 1.807) is 60.7 Å². The van der Waals surface area contributed by atoms with Crippen LogP contribution in [-0.4, -0.2) is 29.9 Å². The number of carbonyl (C=O) groups is 3. The van der Waals surface area contributed by atoms with Crippen LogP contribution >= 0.6 is 0 Å². The van der Waals surface area contributed by atoms with Crippen LogP contribution in [0.1, 0.15) is 36.6 Å². The molecular formula is C28H25NO6. The molecule has 1 aliphatic heterocycles. The smallest absolute Gasteiger partial charge is 0.308 e. The van der Waals surface area contributed by atoms with E-state index in [4.69, 9.17) is 9.47 Å². The van der Waals surface area contributed by atoms with E-state index in [2.05, 4.69) is 0 Å². The number of benzene rings is 3. The number of hydrogen-bond donors (Lipinski definition) is 1. The van der Waals surface area contributed by atoms with Crippen LogP contribution in [0.25, 0.3) is 5.76 Å². The van der Waals surface area contributed by atoms with Gasteiger partial charge in [-0.15, -0.1) is 0 Å². The average Bonchev–Trinajstić information content (AvgIpc) is 3.13. The molecule has 4 rings (SSSR count). The first-order valence-corrected chi connectivity index (χ1v) is 11.2. The summed E-state index contributed by atoms with van der Waals surface area (Å²) >= 11 is 0. The van der Waals surface area contributed by atoms with E-state index < -0.39 is 23.7 Å². The van der Waals surface area contributed by atoms with Crippen LogP contribution in [0.4, 0.5) is 5.69 Å². The lowest BCUT2D eigenvalue weighted by Crippen LogP contribution is -2.29. The largest absolute Gasteiger partial charge is 0.507 e. The summed E-state index contributed by atoms with van der Waals surface area (Å²) in [5.41, 5.74) is 2.37. The second-order valence-electron chi connectivity index (χ2n) is 8.09. The molecule has 0 bridgehead atoms. The number of ether oxygens (including phenoxy) is 2. The molecular weight excluding hydrogens is 446 g/mol. The number of nitrogens with zero attached hydrogens (tertiary/aromatic N) is 1. The lowest BCUT2D eigenvalue weighted by Gasteiger charge is -2.26. The molecule has 1 fully saturated rings. The molecule has 0 saturated carbocycles. The van der Waals surface area contributed by atoms with Gasteiger partial charge in [-0.1, -0.05) is 43.3 Å². The molecule has 35 heavy (non-hydrogen) atoms. The molecule has 1 heterocycles. The van der Waals surface area contributed by atoms with Gasteiger partial charge in [0, 0.05) is 18.2 Å². The van der Waals surface area contributed by atoms with Crippen LogP contribution in [0.3, 0.4) is 0 Å². The Labute approximate surface area is 203 Å². The SMILES string of the molecule is CCc1ccc(N2C(=O)C(=O)/C(=C(\O)c3cccc(OC)c3)C2c2cccc(OC(C)=O)c2)cc1. The Morgan fingerprint density at radius 1 is 0.971 bits per heavy atom. The van der Waals surface area contributed by atoms with Crippen molar-refractivity contribution in [3.05, 3.63) is 95.1 Å². The number of Topliss-reactive ketones (excluding diaryl/α,β-unsaturated/α-hetero) is 1. The highest BCUT2D eigenvalue weighted by Gasteiger charge is 2.47. The van der Waals surface area contributed by atoms with Crippen molar-refractivity contribution < 1.29 is 29.0 Å². The molecule has 1 N–H and O–H groups in total. The Hall–Kier alpha value is -4.39. The first-order valence-electron chi connectivity index (χ1n) is 11.2. The van der Waals surface area contributed by atoms with Gasteiger partial charge in [-0.2, -0.15) is 0 Å². The minimum atomic E-state index is -0.941. The quantitative estimate of drug-likeness (QED) is 0.182. The molecule has 1 amide bonds. The van der Waals surface area contributed by atoms with Gasteiger partial charge in [0.05, 0.1) is 18.7 Å². The average molecular weight is 472 g/mol. The predicted molar refractivity (Wildman–Crippen MR) is 131 cm³/mol. The minimum Gasteiger partial charge on any atom is -0.507 e. The highest BCUT2D eigenvalue weighted by atomic mass is 16.5. The van der Waals surface area contributed by atoms with Gasteiger partial charge in [0.1, 0.15) is 17.3 Å². The molecule has 1 unspecified atom stereocenters. The second kappa shape index (κ2) is 9.85. The van der Waals surface area contributed by atoms with Crippen molar-refractivity contribution in [2.24, 2.45) is 0 Å². The lowest BCUT2D eigenvalue weighted by molar-refractivity contribution is -0.132. The summed E-state index contributed by atoms with van der Waals surface area (Å²) in [7, 11) is 1.50. The number of methoxy groups -OCH3 is 1. The van der Waals surface area contributed by atoms with Crippen LogP contribution in [0, 0.1) is 0 Å². The Kier molecular flexibility index (Phi) is 6.68. The zero-order chi connectivity index (χ0) is 25.1. The van der Waals surface area contributed by atoms with Gasteiger partial charge in [-0.05, 0) is 53.9 Å². The summed E-state index contributed by atoms with van der Waals surface area (Å²) in [6.45, 7) is 3.31. The number of anilines is 1. The number of esters is 1. The Bertz CT molecular complexity index is 1330. The van der Waals surface area contributed by atoms with E-state index in [-0.39, 0.29) is 17.1 Å². The number of amides is 1. The zero-order valence-electron chi connectivity index (χ0n) is 19.6. The topological polar surface area (TPSA) is 93.1 Å². The van der Waals surface area contributed by atoms with E-state index >= 15 is 0 Å². The summed E-state index contributed by atoms with van der Waals surface area (Å²) in [5, 5.41) is 11.3. The molecule has 178 valence electrons. The number of aliphatic hydroxyl groups is 1. The molecule has 1 atom stereocenters. The molecule has 1 aliphatic rings. The van der Waals surface area contributed by atoms with E-state index in [0.717, 1.165) is 12.0 Å². The van der Waals surface area contributed by atoms with Gasteiger partial charge in [0.25, 0.3) is 11.7 Å². The van der Waals surface area contributed by atoms with Crippen molar-refractivity contribution in [2.45, 2.75) is 26.3 Å². The normalized spacial score (nSPS) is 16.9. The van der Waals surface area contributed by atoms with Crippen molar-refractivity contribution in [3.63, 3.8) is 0 Å². The number of aryl methyl sites for hydroxylation is 1. The molecule has 0 aromatic heterocycles. The summed E-state index contributed by atoms with van der Waals surface area (Å²) in [5.74, 6) is -1.63. The Balaban J connectivity index is 1.92. The van der Waals surface area contributed by atoms with Gasteiger partial charge in [0.2, 0.25) is 0 Å². The molecule has 0 radical (unpaired) electrons. The zero-order valence-corrected chi connectivity index (χ0v) is 19.6. The second-order valence-corrected chi connectivity index (χ2v) is 8.09. The highest BCUT2D eigenvalue weighted by molar-refractivity contribution is 6.51.